The van der Waals surface area contributed by atoms with Crippen molar-refractivity contribution in [2.45, 2.75) is 19.3 Å². The summed E-state index contributed by atoms with van der Waals surface area (Å²) in [7, 11) is 5.16. The van der Waals surface area contributed by atoms with Crippen molar-refractivity contribution in [3.63, 3.8) is 0 Å². The smallest absolute Gasteiger partial charge is 0.279 e. The summed E-state index contributed by atoms with van der Waals surface area (Å²) in [6.45, 7) is 0.718. The van der Waals surface area contributed by atoms with E-state index in [1.807, 2.05) is 47.0 Å². The number of fused-ring (bicyclic) bond motifs is 4. The van der Waals surface area contributed by atoms with Gasteiger partial charge in [0.25, 0.3) is 5.91 Å². The van der Waals surface area contributed by atoms with Crippen LogP contribution in [-0.2, 0) is 19.9 Å². The maximum absolute atomic E-state index is 13.5. The van der Waals surface area contributed by atoms with Gasteiger partial charge >= 0.3 is 0 Å². The summed E-state index contributed by atoms with van der Waals surface area (Å²) in [4.78, 5) is 15.4. The van der Waals surface area contributed by atoms with Gasteiger partial charge in [0.2, 0.25) is 0 Å². The topological polar surface area (TPSA) is 56.6 Å². The number of para-hydroxylation sites is 1. The SMILES string of the molecule is COc1cc2c(cc1OC)-c1c(c(C(=O)N3CCCc4ccccc43)nn1C)C2. The third-order valence-electron chi connectivity index (χ3n) is 5.94. The van der Waals surface area contributed by atoms with E-state index < -0.39 is 0 Å². The minimum atomic E-state index is -0.0271. The molecule has 6 nitrogen and oxygen atoms in total. The van der Waals surface area contributed by atoms with Gasteiger partial charge in [-0.05, 0) is 42.2 Å². The van der Waals surface area contributed by atoms with Crippen LogP contribution in [0.2, 0.25) is 0 Å². The van der Waals surface area contributed by atoms with Crippen LogP contribution < -0.4 is 14.4 Å². The molecular formula is C23H23N3O3. The molecule has 1 aromatic heterocycles. The third kappa shape index (κ3) is 2.63. The fraction of sp³-hybridized carbons (Fsp3) is 0.304. The molecule has 5 rings (SSSR count). The summed E-state index contributed by atoms with van der Waals surface area (Å²) >= 11 is 0. The molecule has 0 spiro atoms. The van der Waals surface area contributed by atoms with Crippen molar-refractivity contribution in [1.29, 1.82) is 0 Å². The van der Waals surface area contributed by atoms with Gasteiger partial charge in [-0.15, -0.1) is 0 Å². The lowest BCUT2D eigenvalue weighted by Crippen LogP contribution is -2.36. The first-order chi connectivity index (χ1) is 14.1. The largest absolute Gasteiger partial charge is 0.493 e. The summed E-state index contributed by atoms with van der Waals surface area (Å²) in [5.41, 5.74) is 6.89. The van der Waals surface area contributed by atoms with Gasteiger partial charge in [0.05, 0.1) is 19.9 Å². The number of methoxy groups -OCH3 is 2. The van der Waals surface area contributed by atoms with Crippen LogP contribution in [0.3, 0.4) is 0 Å². The Labute approximate surface area is 169 Å². The van der Waals surface area contributed by atoms with Crippen LogP contribution >= 0.6 is 0 Å². The molecule has 6 heteroatoms. The first kappa shape index (κ1) is 17.8. The van der Waals surface area contributed by atoms with Crippen LogP contribution in [0.1, 0.15) is 33.6 Å². The van der Waals surface area contributed by atoms with E-state index in [0.717, 1.165) is 47.5 Å². The average Bonchev–Trinajstić information content (AvgIpc) is 3.28. The second kappa shape index (κ2) is 6.65. The first-order valence-electron chi connectivity index (χ1n) is 9.83. The summed E-state index contributed by atoms with van der Waals surface area (Å²) in [6.07, 6.45) is 2.63. The van der Waals surface area contributed by atoms with Crippen LogP contribution in [0, 0.1) is 0 Å². The van der Waals surface area contributed by atoms with E-state index in [1.165, 1.54) is 5.56 Å². The Bertz CT molecular complexity index is 1130. The Hall–Kier alpha value is -3.28. The molecule has 148 valence electrons. The number of carbonyl (C=O) groups is 1. The molecule has 0 N–H and O–H groups in total. The van der Waals surface area contributed by atoms with E-state index in [2.05, 4.69) is 11.2 Å². The lowest BCUT2D eigenvalue weighted by Gasteiger charge is -2.29. The molecule has 0 atom stereocenters. The van der Waals surface area contributed by atoms with E-state index in [9.17, 15) is 4.79 Å². The monoisotopic (exact) mass is 389 g/mol. The number of ether oxygens (including phenoxy) is 2. The molecule has 0 unspecified atom stereocenters. The van der Waals surface area contributed by atoms with E-state index in [4.69, 9.17) is 9.47 Å². The van der Waals surface area contributed by atoms with Gasteiger partial charge in [0.15, 0.2) is 17.2 Å². The van der Waals surface area contributed by atoms with Gasteiger partial charge in [0.1, 0.15) is 0 Å². The van der Waals surface area contributed by atoms with E-state index in [1.54, 1.807) is 14.2 Å². The highest BCUT2D eigenvalue weighted by Gasteiger charge is 2.34. The number of hydrogen-bond donors (Lipinski definition) is 0. The Morgan fingerprint density at radius 2 is 1.83 bits per heavy atom. The summed E-state index contributed by atoms with van der Waals surface area (Å²) in [5.74, 6) is 1.35. The number of amides is 1. The number of benzene rings is 2. The molecule has 1 aliphatic carbocycles. The molecule has 0 radical (unpaired) electrons. The number of rotatable bonds is 3. The zero-order chi connectivity index (χ0) is 20.1. The summed E-state index contributed by atoms with van der Waals surface area (Å²) in [5, 5.41) is 4.63. The molecule has 2 aromatic carbocycles. The lowest BCUT2D eigenvalue weighted by molar-refractivity contribution is 0.0979. The van der Waals surface area contributed by atoms with Crippen molar-refractivity contribution in [3.05, 3.63) is 58.8 Å². The quantitative estimate of drug-likeness (QED) is 0.537. The second-order valence-corrected chi connectivity index (χ2v) is 7.53. The highest BCUT2D eigenvalue weighted by atomic mass is 16.5. The number of nitrogens with zero attached hydrogens (tertiary/aromatic N) is 3. The molecule has 1 amide bonds. The fourth-order valence-corrected chi connectivity index (χ4v) is 4.59. The fourth-order valence-electron chi connectivity index (χ4n) is 4.59. The van der Waals surface area contributed by atoms with E-state index in [0.29, 0.717) is 23.6 Å². The van der Waals surface area contributed by atoms with Gasteiger partial charge in [-0.3, -0.25) is 9.48 Å². The van der Waals surface area contributed by atoms with Crippen molar-refractivity contribution in [1.82, 2.24) is 9.78 Å². The Balaban J connectivity index is 1.58. The minimum absolute atomic E-state index is 0.0271. The lowest BCUT2D eigenvalue weighted by atomic mass is 10.0. The predicted octanol–water partition coefficient (Wildman–Crippen LogP) is 3.60. The van der Waals surface area contributed by atoms with Gasteiger partial charge in [-0.1, -0.05) is 18.2 Å². The van der Waals surface area contributed by atoms with Crippen molar-refractivity contribution in [2.24, 2.45) is 7.05 Å². The van der Waals surface area contributed by atoms with Crippen molar-refractivity contribution >= 4 is 11.6 Å². The van der Waals surface area contributed by atoms with Gasteiger partial charge in [0, 0.05) is 36.8 Å². The minimum Gasteiger partial charge on any atom is -0.493 e. The first-order valence-corrected chi connectivity index (χ1v) is 9.83. The molecule has 2 aliphatic rings. The van der Waals surface area contributed by atoms with E-state index in [-0.39, 0.29) is 5.91 Å². The molecule has 3 aromatic rings. The van der Waals surface area contributed by atoms with Crippen LogP contribution in [0.15, 0.2) is 36.4 Å². The molecule has 2 heterocycles. The molecule has 29 heavy (non-hydrogen) atoms. The van der Waals surface area contributed by atoms with E-state index >= 15 is 0 Å². The number of aromatic nitrogens is 2. The van der Waals surface area contributed by atoms with Crippen molar-refractivity contribution in [3.8, 4) is 22.8 Å². The van der Waals surface area contributed by atoms with Gasteiger partial charge in [-0.2, -0.15) is 5.10 Å². The second-order valence-electron chi connectivity index (χ2n) is 7.53. The molecule has 0 fully saturated rings. The molecule has 0 saturated heterocycles. The summed E-state index contributed by atoms with van der Waals surface area (Å²) in [6, 6.07) is 12.1. The van der Waals surface area contributed by atoms with Crippen LogP contribution in [-0.4, -0.2) is 36.5 Å². The van der Waals surface area contributed by atoms with Crippen LogP contribution in [0.4, 0.5) is 5.69 Å². The Kier molecular flexibility index (Phi) is 4.08. The highest BCUT2D eigenvalue weighted by molar-refractivity contribution is 6.08. The van der Waals surface area contributed by atoms with Gasteiger partial charge < -0.3 is 14.4 Å². The summed E-state index contributed by atoms with van der Waals surface area (Å²) < 4.78 is 12.7. The third-order valence-corrected chi connectivity index (χ3v) is 5.94. The van der Waals surface area contributed by atoms with Gasteiger partial charge in [-0.25, -0.2) is 0 Å². The maximum Gasteiger partial charge on any atom is 0.279 e. The van der Waals surface area contributed by atoms with Crippen LogP contribution in [0.5, 0.6) is 11.5 Å². The predicted molar refractivity (Wildman–Crippen MR) is 111 cm³/mol. The normalized spacial score (nSPS) is 14.2. The standard InChI is InChI=1S/C23H23N3O3/c1-25-22-16-13-20(29-3)19(28-2)12-15(16)11-17(22)21(24-25)23(27)26-10-6-8-14-7-4-5-9-18(14)26/h4-5,7,9,12-13H,6,8,10-11H2,1-3H3. The molecule has 0 bridgehead atoms. The zero-order valence-corrected chi connectivity index (χ0v) is 16.9. The van der Waals surface area contributed by atoms with Crippen LogP contribution in [0.25, 0.3) is 11.3 Å². The highest BCUT2D eigenvalue weighted by Crippen LogP contribution is 2.44. The number of aryl methyl sites for hydroxylation is 2. The number of carbonyl (C=O) groups excluding carboxylic acids is 1. The molecular weight excluding hydrogens is 366 g/mol. The zero-order valence-electron chi connectivity index (χ0n) is 16.9. The number of anilines is 1. The average molecular weight is 389 g/mol. The van der Waals surface area contributed by atoms with Crippen molar-refractivity contribution in [2.75, 3.05) is 25.7 Å². The molecule has 1 aliphatic heterocycles. The van der Waals surface area contributed by atoms with Crippen molar-refractivity contribution < 1.29 is 14.3 Å². The maximum atomic E-state index is 13.5. The molecule has 0 saturated carbocycles. The Morgan fingerprint density at radius 3 is 2.62 bits per heavy atom. The Morgan fingerprint density at radius 1 is 1.07 bits per heavy atom. The number of hydrogen-bond acceptors (Lipinski definition) is 4.